The van der Waals surface area contributed by atoms with E-state index in [1.54, 1.807) is 13.8 Å². The van der Waals surface area contributed by atoms with Crippen molar-refractivity contribution in [2.75, 3.05) is 13.2 Å². The summed E-state index contributed by atoms with van der Waals surface area (Å²) in [5.41, 5.74) is -3.89. The Bertz CT molecular complexity index is 741. The molecule has 1 N–H and O–H groups in total. The zero-order chi connectivity index (χ0) is 21.4. The van der Waals surface area contributed by atoms with Gasteiger partial charge in [-0.25, -0.2) is 4.79 Å². The average molecular weight is 465 g/mol. The van der Waals surface area contributed by atoms with Crippen molar-refractivity contribution in [1.82, 2.24) is 0 Å². The molecule has 1 aromatic carbocycles. The molecule has 1 atom stereocenters. The third kappa shape index (κ3) is 6.49. The van der Waals surface area contributed by atoms with E-state index in [9.17, 15) is 27.9 Å². The average Bonchev–Trinajstić information content (AvgIpc) is 2.60. The summed E-state index contributed by atoms with van der Waals surface area (Å²) in [6, 6.07) is 4.97. The highest BCUT2D eigenvalue weighted by molar-refractivity contribution is 9.10. The van der Waals surface area contributed by atoms with Gasteiger partial charge in [0.15, 0.2) is 0 Å². The minimum absolute atomic E-state index is 0.0219. The van der Waals surface area contributed by atoms with Crippen LogP contribution in [0.3, 0.4) is 0 Å². The Balaban J connectivity index is 3.24. The van der Waals surface area contributed by atoms with Crippen molar-refractivity contribution in [2.45, 2.75) is 32.0 Å². The van der Waals surface area contributed by atoms with Crippen molar-refractivity contribution >= 4 is 27.9 Å². The largest absolute Gasteiger partial charge is 0.466 e. The Morgan fingerprint density at radius 3 is 2.18 bits per heavy atom. The number of benzene rings is 1. The Kier molecular flexibility index (Phi) is 8.90. The highest BCUT2D eigenvalue weighted by Gasteiger charge is 2.53. The fourth-order valence-corrected chi connectivity index (χ4v) is 2.42. The summed E-state index contributed by atoms with van der Waals surface area (Å²) in [6.07, 6.45) is -3.14. The molecule has 28 heavy (non-hydrogen) atoms. The Morgan fingerprint density at radius 1 is 1.11 bits per heavy atom. The van der Waals surface area contributed by atoms with E-state index in [1.165, 1.54) is 12.1 Å². The molecule has 1 unspecified atom stereocenters. The van der Waals surface area contributed by atoms with Gasteiger partial charge in [0.1, 0.15) is 0 Å². The zero-order valence-corrected chi connectivity index (χ0v) is 16.8. The molecule has 0 bridgehead atoms. The molecule has 0 radical (unpaired) electrons. The molecule has 154 valence electrons. The lowest BCUT2D eigenvalue weighted by Crippen LogP contribution is -2.40. The Labute approximate surface area is 169 Å². The van der Waals surface area contributed by atoms with Gasteiger partial charge in [-0.05, 0) is 37.6 Å². The quantitative estimate of drug-likeness (QED) is 0.354. The van der Waals surface area contributed by atoms with Gasteiger partial charge in [0.05, 0.1) is 19.6 Å². The van der Waals surface area contributed by atoms with Gasteiger partial charge in [-0.3, -0.25) is 4.79 Å². The monoisotopic (exact) mass is 464 g/mol. The lowest BCUT2D eigenvalue weighted by molar-refractivity contribution is -0.245. The van der Waals surface area contributed by atoms with Gasteiger partial charge >= 0.3 is 18.1 Å². The first-order valence-electron chi connectivity index (χ1n) is 8.31. The van der Waals surface area contributed by atoms with E-state index >= 15 is 0 Å². The fourth-order valence-electron chi connectivity index (χ4n) is 2.15. The molecule has 0 amide bonds. The van der Waals surface area contributed by atoms with Crippen LogP contribution in [0, 0.1) is 0 Å². The van der Waals surface area contributed by atoms with E-state index in [0.717, 1.165) is 24.3 Å². The van der Waals surface area contributed by atoms with Gasteiger partial charge in [-0.1, -0.05) is 40.2 Å². The second kappa shape index (κ2) is 10.4. The predicted octanol–water partition coefficient (Wildman–Crippen LogP) is 4.20. The number of aliphatic hydroxyl groups is 1. The molecule has 0 aliphatic rings. The number of ether oxygens (including phenoxy) is 2. The summed E-state index contributed by atoms with van der Waals surface area (Å²) in [6.45, 7) is 3.23. The number of esters is 2. The number of hydrogen-bond acceptors (Lipinski definition) is 5. The van der Waals surface area contributed by atoms with Crippen LogP contribution in [0.1, 0.15) is 25.8 Å². The second-order valence-corrected chi connectivity index (χ2v) is 6.44. The van der Waals surface area contributed by atoms with Crippen molar-refractivity contribution in [3.05, 3.63) is 58.1 Å². The van der Waals surface area contributed by atoms with Crippen LogP contribution in [0.5, 0.6) is 0 Å². The number of carbonyl (C=O) groups is 2. The molecule has 1 aromatic rings. The van der Waals surface area contributed by atoms with E-state index in [2.05, 4.69) is 15.9 Å². The van der Waals surface area contributed by atoms with Gasteiger partial charge in [-0.2, -0.15) is 13.2 Å². The summed E-state index contributed by atoms with van der Waals surface area (Å²) < 4.78 is 50.6. The SMILES string of the molecule is CCOC(=O)C/C(=C\C=C\C(O)(c1ccc(Br)cc1)C(F)(F)F)C(=O)OCC. The number of alkyl halides is 3. The number of carbonyl (C=O) groups excluding carboxylic acids is 2. The van der Waals surface area contributed by atoms with Crippen molar-refractivity contribution in [3.8, 4) is 0 Å². The van der Waals surface area contributed by atoms with Crippen LogP contribution in [0.25, 0.3) is 0 Å². The third-order valence-electron chi connectivity index (χ3n) is 3.53. The molecule has 0 spiro atoms. The first-order valence-corrected chi connectivity index (χ1v) is 9.10. The maximum Gasteiger partial charge on any atom is 0.425 e. The highest BCUT2D eigenvalue weighted by Crippen LogP contribution is 2.40. The molecule has 0 heterocycles. The lowest BCUT2D eigenvalue weighted by atomic mass is 9.92. The van der Waals surface area contributed by atoms with E-state index < -0.39 is 35.7 Å². The standard InChI is InChI=1S/C19H20BrF3O5/c1-3-27-16(24)12-13(17(25)28-4-2)6-5-11-18(26,19(21,22)23)14-7-9-15(20)10-8-14/h5-11,26H,3-4,12H2,1-2H3/b11-5+,13-6+. The van der Waals surface area contributed by atoms with Crippen LogP contribution in [0.2, 0.25) is 0 Å². The predicted molar refractivity (Wildman–Crippen MR) is 99.2 cm³/mol. The molecule has 0 saturated heterocycles. The molecule has 0 aromatic heterocycles. The van der Waals surface area contributed by atoms with E-state index in [0.29, 0.717) is 10.5 Å². The van der Waals surface area contributed by atoms with Crippen molar-refractivity contribution in [2.24, 2.45) is 0 Å². The Morgan fingerprint density at radius 2 is 1.68 bits per heavy atom. The summed E-state index contributed by atoms with van der Waals surface area (Å²) in [5, 5.41) is 10.3. The summed E-state index contributed by atoms with van der Waals surface area (Å²) in [5.74, 6) is -1.59. The van der Waals surface area contributed by atoms with Gasteiger partial charge in [0, 0.05) is 10.0 Å². The van der Waals surface area contributed by atoms with Crippen LogP contribution in [0.15, 0.2) is 52.5 Å². The van der Waals surface area contributed by atoms with Crippen molar-refractivity contribution in [3.63, 3.8) is 0 Å². The number of halogens is 4. The van der Waals surface area contributed by atoms with Gasteiger partial charge in [0.25, 0.3) is 0 Å². The molecule has 1 rings (SSSR count). The number of allylic oxidation sites excluding steroid dienone is 2. The number of hydrogen-bond donors (Lipinski definition) is 1. The van der Waals surface area contributed by atoms with E-state index in [4.69, 9.17) is 9.47 Å². The summed E-state index contributed by atoms with van der Waals surface area (Å²) >= 11 is 3.11. The molecule has 0 aliphatic carbocycles. The number of rotatable bonds is 8. The van der Waals surface area contributed by atoms with Crippen molar-refractivity contribution < 1.29 is 37.3 Å². The van der Waals surface area contributed by atoms with Crippen LogP contribution in [-0.4, -0.2) is 36.4 Å². The molecule has 0 aliphatic heterocycles. The Hall–Kier alpha value is -2.13. The summed E-state index contributed by atoms with van der Waals surface area (Å²) in [7, 11) is 0. The van der Waals surface area contributed by atoms with Gasteiger partial charge in [-0.15, -0.1) is 0 Å². The summed E-state index contributed by atoms with van der Waals surface area (Å²) in [4.78, 5) is 23.5. The molecule has 0 fully saturated rings. The molecule has 0 saturated carbocycles. The molecule has 9 heteroatoms. The van der Waals surface area contributed by atoms with Crippen LogP contribution >= 0.6 is 15.9 Å². The van der Waals surface area contributed by atoms with Gasteiger partial charge < -0.3 is 14.6 Å². The smallest absolute Gasteiger partial charge is 0.425 e. The molecule has 5 nitrogen and oxygen atoms in total. The van der Waals surface area contributed by atoms with Crippen LogP contribution in [-0.2, 0) is 24.7 Å². The maximum atomic E-state index is 13.5. The second-order valence-electron chi connectivity index (χ2n) is 5.52. The molecular weight excluding hydrogens is 445 g/mol. The highest BCUT2D eigenvalue weighted by atomic mass is 79.9. The lowest BCUT2D eigenvalue weighted by Gasteiger charge is -2.27. The normalized spacial score (nSPS) is 14.6. The third-order valence-corrected chi connectivity index (χ3v) is 4.06. The van der Waals surface area contributed by atoms with Crippen LogP contribution < -0.4 is 0 Å². The molecular formula is C19H20BrF3O5. The van der Waals surface area contributed by atoms with Crippen LogP contribution in [0.4, 0.5) is 13.2 Å². The fraction of sp³-hybridized carbons (Fsp3) is 0.368. The minimum Gasteiger partial charge on any atom is -0.466 e. The minimum atomic E-state index is -5.02. The first-order chi connectivity index (χ1) is 13.0. The maximum absolute atomic E-state index is 13.5. The van der Waals surface area contributed by atoms with E-state index in [-0.39, 0.29) is 18.8 Å². The van der Waals surface area contributed by atoms with Gasteiger partial charge in [0.2, 0.25) is 5.60 Å². The first kappa shape index (κ1) is 23.9. The topological polar surface area (TPSA) is 72.8 Å². The van der Waals surface area contributed by atoms with Crippen molar-refractivity contribution in [1.29, 1.82) is 0 Å². The zero-order valence-electron chi connectivity index (χ0n) is 15.3. The van der Waals surface area contributed by atoms with E-state index in [1.807, 2.05) is 0 Å².